The molecule has 28 heavy (non-hydrogen) atoms. The smallest absolute Gasteiger partial charge is 0.340 e. The van der Waals surface area contributed by atoms with Crippen molar-refractivity contribution in [2.24, 2.45) is 7.05 Å². The van der Waals surface area contributed by atoms with E-state index in [0.29, 0.717) is 6.54 Å². The standard InChI is InChI=1S/C18H20FN5O4/c1-3-4-7-24-15-14(16(25)22-18(24)27)23(2)13(21-15)9-28-17(26)11-6-5-10(19)8-12(11)20/h5-6,8H,3-4,7,9,20H2,1-2H3,(H,22,25,27). The first kappa shape index (κ1) is 19.3. The van der Waals surface area contributed by atoms with Crippen LogP contribution in [0.2, 0.25) is 0 Å². The van der Waals surface area contributed by atoms with Gasteiger partial charge in [-0.2, -0.15) is 0 Å². The van der Waals surface area contributed by atoms with Crippen molar-refractivity contribution < 1.29 is 13.9 Å². The minimum Gasteiger partial charge on any atom is -0.454 e. The summed E-state index contributed by atoms with van der Waals surface area (Å²) in [5.41, 5.74) is 4.97. The molecule has 9 nitrogen and oxygen atoms in total. The Morgan fingerprint density at radius 1 is 1.36 bits per heavy atom. The van der Waals surface area contributed by atoms with Crippen LogP contribution in [-0.4, -0.2) is 25.1 Å². The molecule has 0 bridgehead atoms. The van der Waals surface area contributed by atoms with Crippen LogP contribution >= 0.6 is 0 Å². The van der Waals surface area contributed by atoms with Crippen LogP contribution < -0.4 is 17.0 Å². The van der Waals surface area contributed by atoms with Crippen LogP contribution in [0.25, 0.3) is 11.2 Å². The third-order valence-corrected chi connectivity index (χ3v) is 4.41. The number of aryl methyl sites for hydroxylation is 2. The number of nitrogen functional groups attached to an aromatic ring is 1. The number of carbonyl (C=O) groups is 1. The van der Waals surface area contributed by atoms with E-state index in [9.17, 15) is 18.8 Å². The molecule has 0 aliphatic rings. The molecule has 2 aromatic heterocycles. The number of unbranched alkanes of at least 4 members (excludes halogenated alkanes) is 1. The van der Waals surface area contributed by atoms with Crippen LogP contribution in [-0.2, 0) is 24.9 Å². The van der Waals surface area contributed by atoms with E-state index < -0.39 is 23.0 Å². The summed E-state index contributed by atoms with van der Waals surface area (Å²) < 4.78 is 21.2. The fourth-order valence-corrected chi connectivity index (χ4v) is 2.87. The molecule has 3 aromatic rings. The van der Waals surface area contributed by atoms with Gasteiger partial charge in [-0.25, -0.2) is 19.0 Å². The molecular formula is C18H20FN5O4. The number of carbonyl (C=O) groups excluding carboxylic acids is 1. The second-order valence-corrected chi connectivity index (χ2v) is 6.33. The van der Waals surface area contributed by atoms with E-state index in [2.05, 4.69) is 9.97 Å². The Morgan fingerprint density at radius 3 is 2.79 bits per heavy atom. The molecule has 0 aliphatic heterocycles. The number of hydrogen-bond acceptors (Lipinski definition) is 6. The maximum atomic E-state index is 13.1. The van der Waals surface area contributed by atoms with Gasteiger partial charge in [-0.1, -0.05) is 13.3 Å². The Morgan fingerprint density at radius 2 is 2.11 bits per heavy atom. The SMILES string of the molecule is CCCCn1c(=O)[nH]c(=O)c2c1nc(COC(=O)c1ccc(F)cc1N)n2C. The normalized spacial score (nSPS) is 11.1. The molecule has 10 heteroatoms. The number of aromatic nitrogens is 4. The number of imidazole rings is 1. The quantitative estimate of drug-likeness (QED) is 0.484. The third kappa shape index (κ3) is 3.53. The monoisotopic (exact) mass is 389 g/mol. The number of halogens is 1. The minimum atomic E-state index is -0.748. The highest BCUT2D eigenvalue weighted by Gasteiger charge is 2.18. The summed E-state index contributed by atoms with van der Waals surface area (Å²) in [6.45, 7) is 2.14. The zero-order valence-corrected chi connectivity index (χ0v) is 15.5. The predicted octanol–water partition coefficient (Wildman–Crippen LogP) is 1.30. The van der Waals surface area contributed by atoms with Gasteiger partial charge in [0.2, 0.25) is 0 Å². The molecule has 2 heterocycles. The van der Waals surface area contributed by atoms with Crippen molar-refractivity contribution in [3.63, 3.8) is 0 Å². The molecule has 0 spiro atoms. The summed E-state index contributed by atoms with van der Waals surface area (Å²) in [5.74, 6) is -1.03. The van der Waals surface area contributed by atoms with Gasteiger partial charge < -0.3 is 15.0 Å². The average Bonchev–Trinajstić information content (AvgIpc) is 2.96. The second kappa shape index (κ2) is 7.67. The lowest BCUT2D eigenvalue weighted by atomic mass is 10.2. The maximum absolute atomic E-state index is 13.1. The number of fused-ring (bicyclic) bond motifs is 1. The van der Waals surface area contributed by atoms with Gasteiger partial charge in [0.25, 0.3) is 5.56 Å². The van der Waals surface area contributed by atoms with E-state index >= 15 is 0 Å². The topological polar surface area (TPSA) is 125 Å². The molecule has 0 saturated heterocycles. The Hall–Kier alpha value is -3.43. The molecule has 1 aromatic carbocycles. The van der Waals surface area contributed by atoms with Crippen LogP contribution in [0.1, 0.15) is 35.9 Å². The first-order chi connectivity index (χ1) is 13.3. The van der Waals surface area contributed by atoms with E-state index in [1.165, 1.54) is 15.2 Å². The summed E-state index contributed by atoms with van der Waals surface area (Å²) in [6, 6.07) is 3.36. The summed E-state index contributed by atoms with van der Waals surface area (Å²) >= 11 is 0. The average molecular weight is 389 g/mol. The van der Waals surface area contributed by atoms with Crippen LogP contribution in [0, 0.1) is 5.82 Å². The molecule has 0 atom stereocenters. The Balaban J connectivity index is 1.92. The summed E-state index contributed by atoms with van der Waals surface area (Å²) in [7, 11) is 1.59. The third-order valence-electron chi connectivity index (χ3n) is 4.41. The van der Waals surface area contributed by atoms with Gasteiger partial charge in [-0.05, 0) is 24.6 Å². The highest BCUT2D eigenvalue weighted by atomic mass is 19.1. The number of aromatic amines is 1. The number of esters is 1. The fourth-order valence-electron chi connectivity index (χ4n) is 2.87. The van der Waals surface area contributed by atoms with Crippen molar-refractivity contribution in [1.29, 1.82) is 0 Å². The van der Waals surface area contributed by atoms with E-state index in [-0.39, 0.29) is 34.8 Å². The molecule has 0 radical (unpaired) electrons. The van der Waals surface area contributed by atoms with Gasteiger partial charge in [-0.15, -0.1) is 0 Å². The van der Waals surface area contributed by atoms with E-state index in [4.69, 9.17) is 10.5 Å². The van der Waals surface area contributed by atoms with E-state index in [0.717, 1.165) is 25.0 Å². The highest BCUT2D eigenvalue weighted by molar-refractivity contribution is 5.95. The van der Waals surface area contributed by atoms with Crippen molar-refractivity contribution in [2.75, 3.05) is 5.73 Å². The first-order valence-corrected chi connectivity index (χ1v) is 8.74. The van der Waals surface area contributed by atoms with Crippen molar-refractivity contribution in [3.05, 3.63) is 56.2 Å². The number of nitrogens with zero attached hydrogens (tertiary/aromatic N) is 3. The molecule has 0 aliphatic carbocycles. The lowest BCUT2D eigenvalue weighted by molar-refractivity contribution is 0.0461. The van der Waals surface area contributed by atoms with Crippen molar-refractivity contribution in [1.82, 2.24) is 19.1 Å². The second-order valence-electron chi connectivity index (χ2n) is 6.33. The fraction of sp³-hybridized carbons (Fsp3) is 0.333. The Bertz CT molecular complexity index is 1160. The molecule has 0 fully saturated rings. The Kier molecular flexibility index (Phi) is 5.30. The van der Waals surface area contributed by atoms with Crippen LogP contribution in [0.4, 0.5) is 10.1 Å². The van der Waals surface area contributed by atoms with Gasteiger partial charge >= 0.3 is 11.7 Å². The lowest BCUT2D eigenvalue weighted by Gasteiger charge is -2.07. The number of ether oxygens (including phenoxy) is 1. The van der Waals surface area contributed by atoms with Gasteiger partial charge in [0.1, 0.15) is 18.2 Å². The summed E-state index contributed by atoms with van der Waals surface area (Å²) in [4.78, 5) is 43.2. The molecule has 3 rings (SSSR count). The number of hydrogen-bond donors (Lipinski definition) is 2. The van der Waals surface area contributed by atoms with Gasteiger partial charge in [0, 0.05) is 19.3 Å². The number of H-pyrrole nitrogens is 1. The maximum Gasteiger partial charge on any atom is 0.340 e. The zero-order valence-electron chi connectivity index (χ0n) is 15.5. The highest BCUT2D eigenvalue weighted by Crippen LogP contribution is 2.16. The van der Waals surface area contributed by atoms with E-state index in [1.807, 2.05) is 6.92 Å². The van der Waals surface area contributed by atoms with Crippen LogP contribution in [0.3, 0.4) is 0 Å². The van der Waals surface area contributed by atoms with E-state index in [1.54, 1.807) is 7.05 Å². The molecule has 0 saturated carbocycles. The number of nitrogens with one attached hydrogen (secondary N) is 1. The molecule has 148 valence electrons. The van der Waals surface area contributed by atoms with Gasteiger partial charge in [0.15, 0.2) is 11.2 Å². The van der Waals surface area contributed by atoms with Crippen molar-refractivity contribution >= 4 is 22.8 Å². The van der Waals surface area contributed by atoms with Gasteiger partial charge in [-0.3, -0.25) is 14.3 Å². The van der Waals surface area contributed by atoms with Crippen LogP contribution in [0.15, 0.2) is 27.8 Å². The summed E-state index contributed by atoms with van der Waals surface area (Å²) in [6.07, 6.45) is 1.61. The first-order valence-electron chi connectivity index (χ1n) is 8.74. The van der Waals surface area contributed by atoms with Gasteiger partial charge in [0.05, 0.1) is 5.56 Å². The lowest BCUT2D eigenvalue weighted by Crippen LogP contribution is -2.31. The molecular weight excluding hydrogens is 369 g/mol. The molecule has 0 amide bonds. The Labute approximate surface area is 158 Å². The molecule has 0 unspecified atom stereocenters. The van der Waals surface area contributed by atoms with Crippen LogP contribution in [0.5, 0.6) is 0 Å². The number of rotatable bonds is 6. The minimum absolute atomic E-state index is 0.0258. The van der Waals surface area contributed by atoms with Crippen molar-refractivity contribution in [2.45, 2.75) is 32.9 Å². The number of benzene rings is 1. The van der Waals surface area contributed by atoms with Crippen molar-refractivity contribution in [3.8, 4) is 0 Å². The predicted molar refractivity (Wildman–Crippen MR) is 100 cm³/mol. The summed E-state index contributed by atoms with van der Waals surface area (Å²) in [5, 5.41) is 0. The zero-order chi connectivity index (χ0) is 20.4. The largest absolute Gasteiger partial charge is 0.454 e. The molecule has 3 N–H and O–H groups in total. The number of anilines is 1. The number of nitrogens with two attached hydrogens (primary N) is 1.